The van der Waals surface area contributed by atoms with Crippen LogP contribution in [0, 0.1) is 23.2 Å². The first kappa shape index (κ1) is 42.2. The van der Waals surface area contributed by atoms with E-state index < -0.39 is 25.0 Å². The summed E-state index contributed by atoms with van der Waals surface area (Å²) in [6.07, 6.45) is 17.5. The first-order valence-corrected chi connectivity index (χ1v) is 29.0. The van der Waals surface area contributed by atoms with Crippen molar-refractivity contribution in [3.8, 4) is 0 Å². The maximum atomic E-state index is 7.12. The van der Waals surface area contributed by atoms with Crippen LogP contribution in [0.5, 0.6) is 0 Å². The maximum absolute atomic E-state index is 7.12. The Hall–Kier alpha value is -0.249. The zero-order valence-electron chi connectivity index (χ0n) is 35.0. The van der Waals surface area contributed by atoms with Gasteiger partial charge in [-0.25, -0.2) is 0 Å². The Balaban J connectivity index is 1.81. The molecular formula is C42H80O3Si3. The highest BCUT2D eigenvalue weighted by Gasteiger charge is 2.51. The summed E-state index contributed by atoms with van der Waals surface area (Å²) in [5, 5.41) is 0.344. The largest absolute Gasteiger partial charge is 0.413 e. The van der Waals surface area contributed by atoms with Crippen molar-refractivity contribution in [1.29, 1.82) is 0 Å². The van der Waals surface area contributed by atoms with Crippen molar-refractivity contribution in [1.82, 2.24) is 0 Å². The minimum absolute atomic E-state index is 0.00680. The van der Waals surface area contributed by atoms with Crippen molar-refractivity contribution < 1.29 is 13.3 Å². The molecule has 3 aliphatic rings. The fourth-order valence-electron chi connectivity index (χ4n) is 8.91. The summed E-state index contributed by atoms with van der Waals surface area (Å²) >= 11 is 0. The van der Waals surface area contributed by atoms with Crippen LogP contribution in [0.1, 0.15) is 133 Å². The molecule has 6 atom stereocenters. The Bertz CT molecular complexity index is 1180. The van der Waals surface area contributed by atoms with Crippen molar-refractivity contribution in [2.24, 2.45) is 23.2 Å². The Morgan fingerprint density at radius 1 is 0.875 bits per heavy atom. The van der Waals surface area contributed by atoms with Gasteiger partial charge >= 0.3 is 0 Å². The van der Waals surface area contributed by atoms with Gasteiger partial charge in [-0.3, -0.25) is 0 Å². The van der Waals surface area contributed by atoms with Gasteiger partial charge in [-0.15, -0.1) is 0 Å². The zero-order valence-corrected chi connectivity index (χ0v) is 38.0. The van der Waals surface area contributed by atoms with Crippen LogP contribution in [0.3, 0.4) is 0 Å². The van der Waals surface area contributed by atoms with Gasteiger partial charge in [0.15, 0.2) is 25.0 Å². The van der Waals surface area contributed by atoms with Crippen LogP contribution >= 0.6 is 0 Å². The van der Waals surface area contributed by atoms with Crippen LogP contribution in [0.15, 0.2) is 35.5 Å². The summed E-state index contributed by atoms with van der Waals surface area (Å²) in [6, 6.07) is 0. The van der Waals surface area contributed by atoms with Gasteiger partial charge in [0.05, 0.1) is 17.8 Å². The number of hydrogen-bond acceptors (Lipinski definition) is 3. The minimum atomic E-state index is -1.97. The van der Waals surface area contributed by atoms with Crippen LogP contribution in [0.2, 0.25) is 55.9 Å². The molecule has 0 aromatic heterocycles. The molecule has 0 amide bonds. The minimum Gasteiger partial charge on any atom is -0.413 e. The summed E-state index contributed by atoms with van der Waals surface area (Å²) in [5.74, 6) is 2.28. The van der Waals surface area contributed by atoms with Gasteiger partial charge in [-0.2, -0.15) is 0 Å². The van der Waals surface area contributed by atoms with Crippen molar-refractivity contribution in [2.75, 3.05) is 0 Å². The van der Waals surface area contributed by atoms with E-state index in [4.69, 9.17) is 19.9 Å². The summed E-state index contributed by atoms with van der Waals surface area (Å²) in [5.41, 5.74) is 4.66. The smallest absolute Gasteiger partial charge is 0.192 e. The number of allylic oxidation sites excluding steroid dienone is 3. The lowest BCUT2D eigenvalue weighted by Gasteiger charge is -2.46. The molecule has 3 rings (SSSR count). The first-order chi connectivity index (χ1) is 21.6. The molecule has 3 saturated carbocycles. The molecule has 0 spiro atoms. The summed E-state index contributed by atoms with van der Waals surface area (Å²) in [4.78, 5) is 0. The van der Waals surface area contributed by atoms with E-state index in [1.807, 2.05) is 0 Å². The van der Waals surface area contributed by atoms with Gasteiger partial charge < -0.3 is 13.3 Å². The normalized spacial score (nSPS) is 30.6. The van der Waals surface area contributed by atoms with Gasteiger partial charge in [0.2, 0.25) is 0 Å². The van der Waals surface area contributed by atoms with E-state index >= 15 is 0 Å². The van der Waals surface area contributed by atoms with E-state index in [1.165, 1.54) is 56.1 Å². The number of rotatable bonds is 12. The van der Waals surface area contributed by atoms with Crippen LogP contribution in [0.25, 0.3) is 0 Å². The molecule has 3 nitrogen and oxygen atoms in total. The van der Waals surface area contributed by atoms with Gasteiger partial charge in [-0.1, -0.05) is 92.5 Å². The highest BCUT2D eigenvalue weighted by molar-refractivity contribution is 6.74. The Kier molecular flexibility index (Phi) is 13.2. The molecule has 0 aromatic rings. The second kappa shape index (κ2) is 15.0. The topological polar surface area (TPSA) is 27.7 Å². The predicted molar refractivity (Wildman–Crippen MR) is 218 cm³/mol. The summed E-state index contributed by atoms with van der Waals surface area (Å²) < 4.78 is 20.8. The quantitative estimate of drug-likeness (QED) is 0.188. The predicted octanol–water partition coefficient (Wildman–Crippen LogP) is 13.6. The van der Waals surface area contributed by atoms with Crippen LogP contribution in [-0.4, -0.2) is 42.8 Å². The maximum Gasteiger partial charge on any atom is 0.192 e. The molecule has 0 saturated heterocycles. The van der Waals surface area contributed by atoms with Gasteiger partial charge in [0.25, 0.3) is 0 Å². The Labute approximate surface area is 302 Å². The lowest BCUT2D eigenvalue weighted by molar-refractivity contribution is 0.0735. The van der Waals surface area contributed by atoms with Crippen molar-refractivity contribution in [3.63, 3.8) is 0 Å². The van der Waals surface area contributed by atoms with Crippen molar-refractivity contribution in [2.45, 2.75) is 207 Å². The average Bonchev–Trinajstić information content (AvgIpc) is 3.24. The average molecular weight is 717 g/mol. The molecule has 0 heterocycles. The second-order valence-corrected chi connectivity index (χ2v) is 35.1. The molecular weight excluding hydrogens is 637 g/mol. The number of fused-ring (bicyclic) bond motifs is 1. The SMILES string of the molecule is C=C1C(=CC=C2CCC[C@]3(C)[C@@H]([C@@H](C)CCCC(C)(C)O[Si](C)(C)C)CC[C@@H]23)C[C@@H](O[Si](C)(C)C(C)(C)C)C[C@@H]1O[Si](C)(C)C(C)(C)C. The van der Waals surface area contributed by atoms with Crippen LogP contribution < -0.4 is 0 Å². The molecule has 278 valence electrons. The van der Waals surface area contributed by atoms with Gasteiger partial charge in [0.1, 0.15) is 0 Å². The van der Waals surface area contributed by atoms with Crippen molar-refractivity contribution in [3.05, 3.63) is 35.5 Å². The van der Waals surface area contributed by atoms with E-state index in [-0.39, 0.29) is 27.9 Å². The Morgan fingerprint density at radius 3 is 2.02 bits per heavy atom. The molecule has 48 heavy (non-hydrogen) atoms. The lowest BCUT2D eigenvalue weighted by atomic mass is 9.60. The van der Waals surface area contributed by atoms with E-state index in [2.05, 4.69) is 127 Å². The van der Waals surface area contributed by atoms with Crippen molar-refractivity contribution >= 4 is 25.0 Å². The van der Waals surface area contributed by atoms with Crippen LogP contribution in [0.4, 0.5) is 0 Å². The molecule has 0 unspecified atom stereocenters. The first-order valence-electron chi connectivity index (χ1n) is 19.7. The third kappa shape index (κ3) is 10.4. The fraction of sp³-hybridized carbons (Fsp3) is 0.857. The molecule has 0 aromatic carbocycles. The molecule has 0 radical (unpaired) electrons. The lowest BCUT2D eigenvalue weighted by Crippen LogP contribution is -2.49. The standard InChI is InChI=1S/C42H80O3Si3/c1-31(21-19-27-41(9,10)45-46(12,13)14)36-25-26-37-33(22-20-28-42(36,37)11)23-24-34-29-35(43-47(15,16)39(3,4)5)30-38(32(34)2)44-48(17,18)40(6,7)8/h23-24,31,35-38H,2,19-22,25-30H2,1,3-18H3/t31-,35+,36+,37-,38-,42+/m0/s1. The number of hydrogen-bond donors (Lipinski definition) is 0. The third-order valence-electron chi connectivity index (χ3n) is 13.5. The Morgan fingerprint density at radius 2 is 1.46 bits per heavy atom. The third-order valence-corrected chi connectivity index (χ3v) is 23.7. The van der Waals surface area contributed by atoms with Crippen LogP contribution in [-0.2, 0) is 13.3 Å². The van der Waals surface area contributed by atoms with Gasteiger partial charge in [-0.05, 0) is 149 Å². The molecule has 0 bridgehead atoms. The summed E-state index contributed by atoms with van der Waals surface area (Å²) in [6.45, 7) is 45.1. The zero-order chi connectivity index (χ0) is 36.7. The fourth-order valence-corrected chi connectivity index (χ4v) is 13.3. The monoisotopic (exact) mass is 717 g/mol. The highest BCUT2D eigenvalue weighted by atomic mass is 28.4. The second-order valence-electron chi connectivity index (χ2n) is 21.2. The molecule has 6 heteroatoms. The highest BCUT2D eigenvalue weighted by Crippen LogP contribution is 2.60. The molecule has 0 aliphatic heterocycles. The van der Waals surface area contributed by atoms with E-state index in [0.717, 1.165) is 31.1 Å². The van der Waals surface area contributed by atoms with E-state index in [0.29, 0.717) is 11.3 Å². The molecule has 0 N–H and O–H groups in total. The molecule has 3 aliphatic carbocycles. The summed E-state index contributed by atoms with van der Waals surface area (Å²) in [7, 11) is -5.43. The van der Waals surface area contributed by atoms with E-state index in [9.17, 15) is 0 Å². The molecule has 3 fully saturated rings. The van der Waals surface area contributed by atoms with E-state index in [1.54, 1.807) is 5.57 Å². The van der Waals surface area contributed by atoms with Gasteiger partial charge in [0, 0.05) is 6.42 Å².